The third kappa shape index (κ3) is 8.34. The van der Waals surface area contributed by atoms with Crippen LogP contribution in [0.4, 0.5) is 0 Å². The highest BCUT2D eigenvalue weighted by Gasteiger charge is 2.09. The summed E-state index contributed by atoms with van der Waals surface area (Å²) in [5.41, 5.74) is 1.45. The molecule has 0 saturated carbocycles. The Bertz CT molecular complexity index is 629. The van der Waals surface area contributed by atoms with Gasteiger partial charge < -0.3 is 10.6 Å². The minimum atomic E-state index is -3.13. The van der Waals surface area contributed by atoms with Crippen molar-refractivity contribution in [1.82, 2.24) is 10.6 Å². The summed E-state index contributed by atoms with van der Waals surface area (Å²) in [5, 5.41) is 6.60. The maximum Gasteiger partial charge on any atom is 0.190 e. The van der Waals surface area contributed by atoms with Crippen LogP contribution in [0.3, 0.4) is 0 Å². The molecular formula is C18H31N3O2S. The van der Waals surface area contributed by atoms with Crippen molar-refractivity contribution >= 4 is 15.8 Å². The Balaban J connectivity index is 2.34. The quantitative estimate of drug-likeness (QED) is 0.449. The van der Waals surface area contributed by atoms with Crippen molar-refractivity contribution in [2.75, 3.05) is 26.4 Å². The lowest BCUT2D eigenvalue weighted by molar-refractivity contribution is 0.365. The van der Waals surface area contributed by atoms with E-state index in [1.54, 1.807) is 19.2 Å². The van der Waals surface area contributed by atoms with Crippen LogP contribution < -0.4 is 10.6 Å². The van der Waals surface area contributed by atoms with Crippen LogP contribution in [0.25, 0.3) is 0 Å². The number of sulfone groups is 1. The molecule has 0 atom stereocenters. The maximum absolute atomic E-state index is 11.4. The molecule has 0 fully saturated rings. The molecule has 0 amide bonds. The summed E-state index contributed by atoms with van der Waals surface area (Å²) in [6, 6.07) is 7.03. The molecule has 0 aromatic heterocycles. The molecule has 5 nitrogen and oxygen atoms in total. The van der Waals surface area contributed by atoms with Crippen LogP contribution >= 0.6 is 0 Å². The summed E-state index contributed by atoms with van der Waals surface area (Å²) < 4.78 is 22.9. The average molecular weight is 354 g/mol. The smallest absolute Gasteiger partial charge is 0.190 e. The zero-order chi connectivity index (χ0) is 18.2. The van der Waals surface area contributed by atoms with Crippen molar-refractivity contribution < 1.29 is 8.42 Å². The fourth-order valence-corrected chi connectivity index (χ4v) is 2.91. The van der Waals surface area contributed by atoms with E-state index in [0.29, 0.717) is 10.3 Å². The van der Waals surface area contributed by atoms with Gasteiger partial charge in [0.05, 0.1) is 4.90 Å². The Labute approximate surface area is 146 Å². The van der Waals surface area contributed by atoms with E-state index in [0.717, 1.165) is 37.5 Å². The summed E-state index contributed by atoms with van der Waals surface area (Å²) >= 11 is 0. The molecule has 0 unspecified atom stereocenters. The minimum Gasteiger partial charge on any atom is -0.356 e. The van der Waals surface area contributed by atoms with Gasteiger partial charge >= 0.3 is 0 Å². The predicted octanol–water partition coefficient (Wildman–Crippen LogP) is 2.62. The average Bonchev–Trinajstić information content (AvgIpc) is 2.48. The molecule has 1 aromatic rings. The summed E-state index contributed by atoms with van der Waals surface area (Å²) in [4.78, 5) is 4.57. The van der Waals surface area contributed by atoms with Gasteiger partial charge in [-0.25, -0.2) is 8.42 Å². The lowest BCUT2D eigenvalue weighted by Gasteiger charge is -2.18. The molecule has 0 aliphatic rings. The van der Waals surface area contributed by atoms with E-state index in [2.05, 4.69) is 36.4 Å². The lowest BCUT2D eigenvalue weighted by Crippen LogP contribution is -2.38. The van der Waals surface area contributed by atoms with Gasteiger partial charge in [0.15, 0.2) is 15.8 Å². The van der Waals surface area contributed by atoms with Crippen LogP contribution in [0.2, 0.25) is 0 Å². The van der Waals surface area contributed by atoms with E-state index < -0.39 is 9.84 Å². The van der Waals surface area contributed by atoms with Gasteiger partial charge in [0.1, 0.15) is 0 Å². The SMILES string of the molecule is CN=C(NCCCC(C)(C)C)NCCc1ccc(S(C)(=O)=O)cc1. The van der Waals surface area contributed by atoms with E-state index in [4.69, 9.17) is 0 Å². The fourth-order valence-electron chi connectivity index (χ4n) is 2.27. The first kappa shape index (κ1) is 20.5. The van der Waals surface area contributed by atoms with Crippen molar-refractivity contribution in [2.45, 2.75) is 44.9 Å². The molecular weight excluding hydrogens is 322 g/mol. The summed E-state index contributed by atoms with van der Waals surface area (Å²) in [6.45, 7) is 8.39. The normalized spacial score (nSPS) is 13.0. The molecule has 2 N–H and O–H groups in total. The monoisotopic (exact) mass is 353 g/mol. The summed E-state index contributed by atoms with van der Waals surface area (Å²) in [6.07, 6.45) is 4.31. The molecule has 0 aliphatic heterocycles. The molecule has 0 radical (unpaired) electrons. The highest BCUT2D eigenvalue weighted by Crippen LogP contribution is 2.19. The van der Waals surface area contributed by atoms with Gasteiger partial charge in [-0.2, -0.15) is 0 Å². The van der Waals surface area contributed by atoms with E-state index in [1.807, 2.05) is 12.1 Å². The molecule has 1 rings (SSSR count). The molecule has 6 heteroatoms. The van der Waals surface area contributed by atoms with Crippen molar-refractivity contribution in [3.05, 3.63) is 29.8 Å². The van der Waals surface area contributed by atoms with Gasteiger partial charge in [0.2, 0.25) is 0 Å². The first-order valence-electron chi connectivity index (χ1n) is 8.35. The Kier molecular flexibility index (Phi) is 7.73. The van der Waals surface area contributed by atoms with Crippen LogP contribution in [0.1, 0.15) is 39.2 Å². The number of rotatable bonds is 7. The topological polar surface area (TPSA) is 70.6 Å². The Hall–Kier alpha value is -1.56. The molecule has 0 saturated heterocycles. The van der Waals surface area contributed by atoms with Gasteiger partial charge in [-0.05, 0) is 42.4 Å². The number of hydrogen-bond donors (Lipinski definition) is 2. The first-order chi connectivity index (χ1) is 11.1. The van der Waals surface area contributed by atoms with Crippen molar-refractivity contribution in [1.29, 1.82) is 0 Å². The minimum absolute atomic E-state index is 0.357. The Morgan fingerprint density at radius 1 is 1.08 bits per heavy atom. The Morgan fingerprint density at radius 2 is 1.67 bits per heavy atom. The highest BCUT2D eigenvalue weighted by atomic mass is 32.2. The number of nitrogens with zero attached hydrogens (tertiary/aromatic N) is 1. The van der Waals surface area contributed by atoms with E-state index >= 15 is 0 Å². The number of aliphatic imine (C=N–C) groups is 1. The number of guanidine groups is 1. The maximum atomic E-state index is 11.4. The largest absolute Gasteiger partial charge is 0.356 e. The standard InChI is InChI=1S/C18H31N3O2S/c1-18(2,3)12-6-13-20-17(19-4)21-14-11-15-7-9-16(10-8-15)24(5,22)23/h7-10H,6,11-14H2,1-5H3,(H2,19,20,21). The van der Waals surface area contributed by atoms with Gasteiger partial charge in [-0.15, -0.1) is 0 Å². The molecule has 1 aromatic carbocycles. The highest BCUT2D eigenvalue weighted by molar-refractivity contribution is 7.90. The van der Waals surface area contributed by atoms with Crippen molar-refractivity contribution in [3.8, 4) is 0 Å². The first-order valence-corrected chi connectivity index (χ1v) is 10.2. The molecule has 136 valence electrons. The van der Waals surface area contributed by atoms with Crippen LogP contribution in [0.5, 0.6) is 0 Å². The van der Waals surface area contributed by atoms with Gasteiger partial charge in [-0.3, -0.25) is 4.99 Å². The van der Waals surface area contributed by atoms with Gasteiger partial charge in [-0.1, -0.05) is 32.9 Å². The van der Waals surface area contributed by atoms with Crippen LogP contribution in [0.15, 0.2) is 34.2 Å². The number of benzene rings is 1. The van der Waals surface area contributed by atoms with Gasteiger partial charge in [0.25, 0.3) is 0 Å². The van der Waals surface area contributed by atoms with E-state index in [9.17, 15) is 8.42 Å². The predicted molar refractivity (Wildman–Crippen MR) is 101 cm³/mol. The zero-order valence-corrected chi connectivity index (χ0v) is 16.3. The lowest BCUT2D eigenvalue weighted by atomic mass is 9.91. The Morgan fingerprint density at radius 3 is 2.17 bits per heavy atom. The van der Waals surface area contributed by atoms with Crippen LogP contribution in [-0.2, 0) is 16.3 Å². The van der Waals surface area contributed by atoms with Crippen LogP contribution in [-0.4, -0.2) is 40.8 Å². The third-order valence-electron chi connectivity index (χ3n) is 3.68. The second-order valence-electron chi connectivity index (χ2n) is 7.26. The summed E-state index contributed by atoms with van der Waals surface area (Å²) in [7, 11) is -1.36. The molecule has 0 heterocycles. The molecule has 24 heavy (non-hydrogen) atoms. The van der Waals surface area contributed by atoms with E-state index in [1.165, 1.54) is 12.7 Å². The molecule has 0 bridgehead atoms. The van der Waals surface area contributed by atoms with E-state index in [-0.39, 0.29) is 0 Å². The number of hydrogen-bond acceptors (Lipinski definition) is 3. The fraction of sp³-hybridized carbons (Fsp3) is 0.611. The van der Waals surface area contributed by atoms with Crippen molar-refractivity contribution in [2.24, 2.45) is 10.4 Å². The zero-order valence-electron chi connectivity index (χ0n) is 15.5. The van der Waals surface area contributed by atoms with Crippen molar-refractivity contribution in [3.63, 3.8) is 0 Å². The number of nitrogens with one attached hydrogen (secondary N) is 2. The molecule has 0 aliphatic carbocycles. The summed E-state index contributed by atoms with van der Waals surface area (Å²) in [5.74, 6) is 0.802. The molecule has 0 spiro atoms. The second kappa shape index (κ2) is 9.06. The van der Waals surface area contributed by atoms with Gasteiger partial charge in [0, 0.05) is 26.4 Å². The third-order valence-corrected chi connectivity index (χ3v) is 4.81. The van der Waals surface area contributed by atoms with Crippen LogP contribution in [0, 0.1) is 5.41 Å². The second-order valence-corrected chi connectivity index (χ2v) is 9.27.